The zero-order chi connectivity index (χ0) is 18.9. The Morgan fingerprint density at radius 3 is 1.78 bits per heavy atom. The van der Waals surface area contributed by atoms with Crippen LogP contribution in [0.25, 0.3) is 0 Å². The van der Waals surface area contributed by atoms with Crippen molar-refractivity contribution in [2.75, 3.05) is 20.2 Å². The quantitative estimate of drug-likeness (QED) is 0.617. The monoisotopic (exact) mass is 361 g/mol. The van der Waals surface area contributed by atoms with Gasteiger partial charge in [0.25, 0.3) is 0 Å². The van der Waals surface area contributed by atoms with E-state index < -0.39 is 6.10 Å². The molecule has 0 aliphatic heterocycles. The van der Waals surface area contributed by atoms with Crippen molar-refractivity contribution in [2.45, 2.75) is 18.8 Å². The van der Waals surface area contributed by atoms with E-state index in [0.29, 0.717) is 19.8 Å². The third-order valence-electron chi connectivity index (χ3n) is 4.59. The molecule has 1 atom stereocenters. The minimum absolute atomic E-state index is 0.0937. The van der Waals surface area contributed by atoms with E-state index in [4.69, 9.17) is 4.74 Å². The number of benzene rings is 3. The number of aliphatic hydroxyl groups excluding tert-OH is 1. The number of ether oxygens (including phenoxy) is 1. The molecule has 1 N–H and O–H groups in total. The van der Waals surface area contributed by atoms with Crippen LogP contribution in [0, 0.1) is 0 Å². The van der Waals surface area contributed by atoms with E-state index >= 15 is 0 Å². The number of hydrogen-bond acceptors (Lipinski definition) is 3. The van der Waals surface area contributed by atoms with Gasteiger partial charge in [-0.15, -0.1) is 0 Å². The van der Waals surface area contributed by atoms with Gasteiger partial charge in [0, 0.05) is 6.54 Å². The minimum Gasteiger partial charge on any atom is -0.389 e. The van der Waals surface area contributed by atoms with E-state index in [1.807, 2.05) is 49.5 Å². The second kappa shape index (κ2) is 10.0. The molecule has 1 unspecified atom stereocenters. The molecule has 3 rings (SSSR count). The maximum atomic E-state index is 10.5. The third-order valence-corrected chi connectivity index (χ3v) is 4.59. The van der Waals surface area contributed by atoms with Crippen molar-refractivity contribution in [3.05, 3.63) is 108 Å². The molecule has 0 radical (unpaired) electrons. The summed E-state index contributed by atoms with van der Waals surface area (Å²) in [5.74, 6) is 0. The zero-order valence-corrected chi connectivity index (χ0v) is 15.7. The van der Waals surface area contributed by atoms with E-state index in [1.165, 1.54) is 11.1 Å². The van der Waals surface area contributed by atoms with Crippen molar-refractivity contribution in [3.63, 3.8) is 0 Å². The molecular weight excluding hydrogens is 334 g/mol. The summed E-state index contributed by atoms with van der Waals surface area (Å²) >= 11 is 0. The van der Waals surface area contributed by atoms with E-state index in [9.17, 15) is 5.11 Å². The molecule has 0 saturated heterocycles. The largest absolute Gasteiger partial charge is 0.389 e. The minimum atomic E-state index is -0.548. The van der Waals surface area contributed by atoms with Gasteiger partial charge in [-0.05, 0) is 23.7 Å². The van der Waals surface area contributed by atoms with Crippen LogP contribution in [0.4, 0.5) is 0 Å². The molecule has 3 aromatic carbocycles. The summed E-state index contributed by atoms with van der Waals surface area (Å²) < 4.78 is 5.70. The lowest BCUT2D eigenvalue weighted by molar-refractivity contribution is 0.00978. The molecule has 140 valence electrons. The van der Waals surface area contributed by atoms with Crippen molar-refractivity contribution < 1.29 is 9.84 Å². The number of likely N-dealkylation sites (N-methyl/N-ethyl adjacent to an activating group) is 1. The molecule has 0 spiro atoms. The molecule has 0 aliphatic rings. The van der Waals surface area contributed by atoms with Gasteiger partial charge in [0.1, 0.15) is 0 Å². The van der Waals surface area contributed by atoms with E-state index in [-0.39, 0.29) is 6.04 Å². The standard InChI is InChI=1S/C24H27NO2/c1-25(17-23(26)19-27-18-20-11-5-2-6-12-20)24(21-13-7-3-8-14-21)22-15-9-4-10-16-22/h2-16,23-24,26H,17-19H2,1H3. The van der Waals surface area contributed by atoms with Gasteiger partial charge in [0.15, 0.2) is 0 Å². The van der Waals surface area contributed by atoms with Crippen LogP contribution in [0.5, 0.6) is 0 Å². The predicted octanol–water partition coefficient (Wildman–Crippen LogP) is 4.29. The number of nitrogens with zero attached hydrogens (tertiary/aromatic N) is 1. The Morgan fingerprint density at radius 1 is 0.778 bits per heavy atom. The van der Waals surface area contributed by atoms with Gasteiger partial charge >= 0.3 is 0 Å². The molecule has 0 aliphatic carbocycles. The van der Waals surface area contributed by atoms with Crippen molar-refractivity contribution >= 4 is 0 Å². The van der Waals surface area contributed by atoms with Gasteiger partial charge in [-0.25, -0.2) is 0 Å². The van der Waals surface area contributed by atoms with Crippen molar-refractivity contribution in [2.24, 2.45) is 0 Å². The van der Waals surface area contributed by atoms with Gasteiger partial charge in [0.2, 0.25) is 0 Å². The molecule has 0 heterocycles. The fraction of sp³-hybridized carbons (Fsp3) is 0.250. The molecule has 0 bridgehead atoms. The second-order valence-electron chi connectivity index (χ2n) is 6.82. The Hall–Kier alpha value is -2.46. The molecule has 0 fully saturated rings. The van der Waals surface area contributed by atoms with Gasteiger partial charge in [-0.3, -0.25) is 4.90 Å². The van der Waals surface area contributed by atoms with Crippen LogP contribution in [0.15, 0.2) is 91.0 Å². The number of rotatable bonds is 9. The Kier molecular flexibility index (Phi) is 7.17. The zero-order valence-electron chi connectivity index (χ0n) is 15.7. The first kappa shape index (κ1) is 19.3. The van der Waals surface area contributed by atoms with E-state index in [2.05, 4.69) is 53.4 Å². The van der Waals surface area contributed by atoms with E-state index in [1.54, 1.807) is 0 Å². The Labute approximate surface area is 161 Å². The highest BCUT2D eigenvalue weighted by Gasteiger charge is 2.21. The summed E-state index contributed by atoms with van der Waals surface area (Å²) in [5.41, 5.74) is 3.54. The van der Waals surface area contributed by atoms with Gasteiger partial charge in [-0.2, -0.15) is 0 Å². The molecule has 3 nitrogen and oxygen atoms in total. The summed E-state index contributed by atoms with van der Waals surface area (Å²) in [6.45, 7) is 1.36. The summed E-state index contributed by atoms with van der Waals surface area (Å²) in [4.78, 5) is 2.18. The van der Waals surface area contributed by atoms with Crippen LogP contribution in [-0.4, -0.2) is 36.3 Å². The summed E-state index contributed by atoms with van der Waals surface area (Å²) in [6.07, 6.45) is -0.548. The highest BCUT2D eigenvalue weighted by molar-refractivity contribution is 5.31. The fourth-order valence-electron chi connectivity index (χ4n) is 3.35. The van der Waals surface area contributed by atoms with Crippen LogP contribution in [0.2, 0.25) is 0 Å². The summed E-state index contributed by atoms with van der Waals surface area (Å²) in [6, 6.07) is 30.9. The predicted molar refractivity (Wildman–Crippen MR) is 109 cm³/mol. The lowest BCUT2D eigenvalue weighted by Crippen LogP contribution is -2.35. The first-order valence-electron chi connectivity index (χ1n) is 9.34. The number of aliphatic hydroxyl groups is 1. The summed E-state index contributed by atoms with van der Waals surface area (Å²) in [7, 11) is 2.05. The average Bonchev–Trinajstić information content (AvgIpc) is 2.70. The summed E-state index contributed by atoms with van der Waals surface area (Å²) in [5, 5.41) is 10.5. The molecular formula is C24H27NO2. The van der Waals surface area contributed by atoms with Crippen molar-refractivity contribution in [3.8, 4) is 0 Å². The highest BCUT2D eigenvalue weighted by atomic mass is 16.5. The van der Waals surface area contributed by atoms with E-state index in [0.717, 1.165) is 5.56 Å². The molecule has 0 aromatic heterocycles. The Balaban J connectivity index is 1.61. The number of hydrogen-bond donors (Lipinski definition) is 1. The molecule has 3 heteroatoms. The lowest BCUT2D eigenvalue weighted by Gasteiger charge is -2.30. The fourth-order valence-corrected chi connectivity index (χ4v) is 3.35. The first-order valence-corrected chi connectivity index (χ1v) is 9.34. The van der Waals surface area contributed by atoms with Crippen LogP contribution in [0.1, 0.15) is 22.7 Å². The SMILES string of the molecule is CN(CC(O)COCc1ccccc1)C(c1ccccc1)c1ccccc1. The molecule has 0 saturated carbocycles. The van der Waals surface area contributed by atoms with Crippen LogP contribution < -0.4 is 0 Å². The maximum absolute atomic E-state index is 10.5. The third kappa shape index (κ3) is 5.76. The average molecular weight is 361 g/mol. The lowest BCUT2D eigenvalue weighted by atomic mass is 9.97. The first-order chi connectivity index (χ1) is 13.2. The van der Waals surface area contributed by atoms with Gasteiger partial charge in [0.05, 0.1) is 25.4 Å². The Bertz CT molecular complexity index is 738. The van der Waals surface area contributed by atoms with Crippen molar-refractivity contribution in [1.82, 2.24) is 4.90 Å². The van der Waals surface area contributed by atoms with Crippen LogP contribution >= 0.6 is 0 Å². The van der Waals surface area contributed by atoms with Crippen LogP contribution in [-0.2, 0) is 11.3 Å². The van der Waals surface area contributed by atoms with Crippen molar-refractivity contribution in [1.29, 1.82) is 0 Å². The van der Waals surface area contributed by atoms with Gasteiger partial charge < -0.3 is 9.84 Å². The molecule has 3 aromatic rings. The Morgan fingerprint density at radius 2 is 1.26 bits per heavy atom. The van der Waals surface area contributed by atoms with Crippen LogP contribution in [0.3, 0.4) is 0 Å². The molecule has 0 amide bonds. The topological polar surface area (TPSA) is 32.7 Å². The van der Waals surface area contributed by atoms with Gasteiger partial charge in [-0.1, -0.05) is 91.0 Å². The highest BCUT2D eigenvalue weighted by Crippen LogP contribution is 2.27. The smallest absolute Gasteiger partial charge is 0.0900 e. The normalized spacial score (nSPS) is 12.4. The molecule has 27 heavy (non-hydrogen) atoms. The maximum Gasteiger partial charge on any atom is 0.0900 e. The second-order valence-corrected chi connectivity index (χ2v) is 6.82.